The number of nitro benzene ring substituents is 1. The summed E-state index contributed by atoms with van der Waals surface area (Å²) < 4.78 is 0.807. The average Bonchev–Trinajstić information content (AvgIpc) is 2.18. The number of rotatable bonds is 3. The van der Waals surface area contributed by atoms with E-state index in [1.165, 1.54) is 18.3 Å². The SMILES string of the molecule is CC(C)/[N+]([O-])=C/c1ccc([N+](=O)[O-])cc1. The molecule has 0 saturated heterocycles. The minimum Gasteiger partial charge on any atom is -0.624 e. The van der Waals surface area contributed by atoms with Gasteiger partial charge in [-0.3, -0.25) is 10.1 Å². The molecular formula is C10H12N2O3. The van der Waals surface area contributed by atoms with E-state index in [1.807, 2.05) is 0 Å². The Labute approximate surface area is 87.4 Å². The summed E-state index contributed by atoms with van der Waals surface area (Å²) in [6.07, 6.45) is 1.41. The number of benzene rings is 1. The molecule has 0 aliphatic heterocycles. The van der Waals surface area contributed by atoms with Crippen molar-refractivity contribution in [2.75, 3.05) is 0 Å². The van der Waals surface area contributed by atoms with E-state index < -0.39 is 4.92 Å². The molecule has 0 aliphatic carbocycles. The van der Waals surface area contributed by atoms with Gasteiger partial charge >= 0.3 is 0 Å². The van der Waals surface area contributed by atoms with Gasteiger partial charge in [-0.15, -0.1) is 0 Å². The van der Waals surface area contributed by atoms with Crippen LogP contribution in [0, 0.1) is 15.3 Å². The van der Waals surface area contributed by atoms with Crippen molar-refractivity contribution in [3.05, 3.63) is 45.2 Å². The fraction of sp³-hybridized carbons (Fsp3) is 0.300. The average molecular weight is 208 g/mol. The molecule has 0 fully saturated rings. The summed E-state index contributed by atoms with van der Waals surface area (Å²) in [7, 11) is 0. The molecule has 0 amide bonds. The van der Waals surface area contributed by atoms with Crippen molar-refractivity contribution < 1.29 is 9.66 Å². The lowest BCUT2D eigenvalue weighted by Gasteiger charge is -2.06. The summed E-state index contributed by atoms with van der Waals surface area (Å²) in [6.45, 7) is 3.55. The highest BCUT2D eigenvalue weighted by Gasteiger charge is 2.05. The molecule has 0 unspecified atom stereocenters. The van der Waals surface area contributed by atoms with Crippen LogP contribution in [0.3, 0.4) is 0 Å². The second kappa shape index (κ2) is 4.54. The number of nitro groups is 1. The number of hydroxylamine groups is 1. The Morgan fingerprint density at radius 3 is 2.13 bits per heavy atom. The van der Waals surface area contributed by atoms with Crippen molar-refractivity contribution >= 4 is 11.9 Å². The first-order chi connectivity index (χ1) is 7.00. The standard InChI is InChI=1S/C10H12N2O3/c1-8(2)11(13)7-9-3-5-10(6-4-9)12(14)15/h3-8H,1-2H3/b11-7-. The molecule has 0 aliphatic rings. The van der Waals surface area contributed by atoms with Gasteiger partial charge < -0.3 is 5.21 Å². The smallest absolute Gasteiger partial charge is 0.269 e. The number of nitrogens with zero attached hydrogens (tertiary/aromatic N) is 2. The van der Waals surface area contributed by atoms with Gasteiger partial charge in [0.1, 0.15) is 0 Å². The predicted octanol–water partition coefficient (Wildman–Crippen LogP) is 1.93. The van der Waals surface area contributed by atoms with Crippen LogP contribution in [0.5, 0.6) is 0 Å². The van der Waals surface area contributed by atoms with Crippen LogP contribution in [0.25, 0.3) is 0 Å². The van der Waals surface area contributed by atoms with Crippen LogP contribution in [0.15, 0.2) is 24.3 Å². The monoisotopic (exact) mass is 208 g/mol. The quantitative estimate of drug-likeness (QED) is 0.250. The second-order valence-corrected chi connectivity index (χ2v) is 3.43. The fourth-order valence-corrected chi connectivity index (χ4v) is 0.978. The third-order valence-corrected chi connectivity index (χ3v) is 1.89. The molecule has 5 heteroatoms. The summed E-state index contributed by atoms with van der Waals surface area (Å²) >= 11 is 0. The normalized spacial score (nSPS) is 11.8. The molecule has 0 N–H and O–H groups in total. The summed E-state index contributed by atoms with van der Waals surface area (Å²) in [5, 5.41) is 21.6. The van der Waals surface area contributed by atoms with E-state index in [0.717, 1.165) is 4.74 Å². The lowest BCUT2D eigenvalue weighted by molar-refractivity contribution is -0.487. The molecule has 1 aromatic carbocycles. The zero-order valence-corrected chi connectivity index (χ0v) is 8.58. The van der Waals surface area contributed by atoms with Gasteiger partial charge in [0, 0.05) is 17.7 Å². The maximum atomic E-state index is 11.3. The third kappa shape index (κ3) is 3.05. The minimum atomic E-state index is -0.471. The van der Waals surface area contributed by atoms with Crippen molar-refractivity contribution in [3.8, 4) is 0 Å². The van der Waals surface area contributed by atoms with Crippen LogP contribution in [0.2, 0.25) is 0 Å². The first-order valence-electron chi connectivity index (χ1n) is 4.55. The van der Waals surface area contributed by atoms with Crippen LogP contribution in [-0.2, 0) is 0 Å². The van der Waals surface area contributed by atoms with Crippen LogP contribution in [0.1, 0.15) is 19.4 Å². The van der Waals surface area contributed by atoms with E-state index in [0.29, 0.717) is 5.56 Å². The maximum Gasteiger partial charge on any atom is 0.269 e. The molecule has 0 aromatic heterocycles. The van der Waals surface area contributed by atoms with Crippen molar-refractivity contribution in [1.29, 1.82) is 0 Å². The van der Waals surface area contributed by atoms with Gasteiger partial charge in [-0.25, -0.2) is 4.74 Å². The van der Waals surface area contributed by atoms with E-state index in [9.17, 15) is 15.3 Å². The summed E-state index contributed by atoms with van der Waals surface area (Å²) in [5.74, 6) is 0. The van der Waals surface area contributed by atoms with Crippen molar-refractivity contribution in [2.45, 2.75) is 19.9 Å². The van der Waals surface area contributed by atoms with E-state index in [-0.39, 0.29) is 11.7 Å². The van der Waals surface area contributed by atoms with Crippen LogP contribution in [-0.4, -0.2) is 21.9 Å². The van der Waals surface area contributed by atoms with Gasteiger partial charge in [-0.05, 0) is 26.0 Å². The van der Waals surface area contributed by atoms with Gasteiger partial charge in [0.2, 0.25) is 0 Å². The fourth-order valence-electron chi connectivity index (χ4n) is 0.978. The molecule has 0 heterocycles. The number of hydrogen-bond acceptors (Lipinski definition) is 3. The summed E-state index contributed by atoms with van der Waals surface area (Å²) in [5.41, 5.74) is 0.679. The molecule has 0 spiro atoms. The molecule has 80 valence electrons. The number of non-ortho nitro benzene ring substituents is 1. The summed E-state index contributed by atoms with van der Waals surface area (Å²) in [6, 6.07) is 5.71. The van der Waals surface area contributed by atoms with E-state index >= 15 is 0 Å². The van der Waals surface area contributed by atoms with Crippen molar-refractivity contribution in [1.82, 2.24) is 0 Å². The first-order valence-corrected chi connectivity index (χ1v) is 4.55. The third-order valence-electron chi connectivity index (χ3n) is 1.89. The van der Waals surface area contributed by atoms with Crippen LogP contribution in [0.4, 0.5) is 5.69 Å². The molecule has 1 aromatic rings. The van der Waals surface area contributed by atoms with Gasteiger partial charge in [-0.1, -0.05) is 0 Å². The van der Waals surface area contributed by atoms with E-state index in [4.69, 9.17) is 0 Å². The molecule has 0 saturated carbocycles. The molecule has 1 rings (SSSR count). The molecule has 0 bridgehead atoms. The van der Waals surface area contributed by atoms with Gasteiger partial charge in [0.25, 0.3) is 5.69 Å². The van der Waals surface area contributed by atoms with Crippen molar-refractivity contribution in [3.63, 3.8) is 0 Å². The second-order valence-electron chi connectivity index (χ2n) is 3.43. The maximum absolute atomic E-state index is 11.3. The Balaban J connectivity index is 2.90. The Morgan fingerprint density at radius 2 is 1.73 bits per heavy atom. The molecule has 0 atom stereocenters. The number of hydrogen-bond donors (Lipinski definition) is 0. The van der Waals surface area contributed by atoms with E-state index in [1.54, 1.807) is 26.0 Å². The zero-order valence-electron chi connectivity index (χ0n) is 8.58. The Kier molecular flexibility index (Phi) is 3.38. The van der Waals surface area contributed by atoms with Crippen LogP contribution >= 0.6 is 0 Å². The minimum absolute atomic E-state index is 0.0224. The first kappa shape index (κ1) is 11.2. The van der Waals surface area contributed by atoms with Gasteiger partial charge in [0.15, 0.2) is 12.3 Å². The molecule has 5 nitrogen and oxygen atoms in total. The molecule has 15 heavy (non-hydrogen) atoms. The molecule has 0 radical (unpaired) electrons. The zero-order chi connectivity index (χ0) is 11.4. The lowest BCUT2D eigenvalue weighted by Crippen LogP contribution is -2.14. The predicted molar refractivity (Wildman–Crippen MR) is 57.0 cm³/mol. The Morgan fingerprint density at radius 1 is 1.20 bits per heavy atom. The highest BCUT2D eigenvalue weighted by molar-refractivity contribution is 5.76. The van der Waals surface area contributed by atoms with Gasteiger partial charge in [-0.2, -0.15) is 0 Å². The largest absolute Gasteiger partial charge is 0.624 e. The topological polar surface area (TPSA) is 69.2 Å². The highest BCUT2D eigenvalue weighted by atomic mass is 16.6. The lowest BCUT2D eigenvalue weighted by atomic mass is 10.2. The molecular weight excluding hydrogens is 196 g/mol. The Bertz CT molecular complexity index is 382. The van der Waals surface area contributed by atoms with Crippen molar-refractivity contribution in [2.24, 2.45) is 0 Å². The van der Waals surface area contributed by atoms with Crippen LogP contribution < -0.4 is 0 Å². The Hall–Kier alpha value is -1.91. The highest BCUT2D eigenvalue weighted by Crippen LogP contribution is 2.10. The van der Waals surface area contributed by atoms with Gasteiger partial charge in [0.05, 0.1) is 4.92 Å². The summed E-state index contributed by atoms with van der Waals surface area (Å²) in [4.78, 5) is 9.89. The van der Waals surface area contributed by atoms with E-state index in [2.05, 4.69) is 0 Å².